The van der Waals surface area contributed by atoms with Gasteiger partial charge in [-0.2, -0.15) is 23.7 Å². The van der Waals surface area contributed by atoms with Gasteiger partial charge in [0.2, 0.25) is 0 Å². The lowest BCUT2D eigenvalue weighted by molar-refractivity contribution is -0.140. The van der Waals surface area contributed by atoms with Gasteiger partial charge in [-0.15, -0.1) is 0 Å². The number of pyridine rings is 1. The van der Waals surface area contributed by atoms with Gasteiger partial charge in [0.1, 0.15) is 11.3 Å². The van der Waals surface area contributed by atoms with Crippen molar-refractivity contribution in [1.29, 1.82) is 10.5 Å². The summed E-state index contributed by atoms with van der Waals surface area (Å²) in [6.45, 7) is 0. The van der Waals surface area contributed by atoms with Gasteiger partial charge in [0.05, 0.1) is 29.8 Å². The van der Waals surface area contributed by atoms with Crippen LogP contribution < -0.4 is 0 Å². The number of alkyl halides is 5. The van der Waals surface area contributed by atoms with Crippen molar-refractivity contribution in [3.05, 3.63) is 28.6 Å². The molecule has 0 N–H and O–H groups in total. The fraction of sp³-hybridized carbons (Fsp3) is 0.300. The largest absolute Gasteiger partial charge is 0.419 e. The molecule has 0 aliphatic rings. The van der Waals surface area contributed by atoms with E-state index in [9.17, 15) is 22.0 Å². The minimum atomic E-state index is -5.10. The first-order chi connectivity index (χ1) is 8.31. The Labute approximate surface area is 98.1 Å². The average Bonchev–Trinajstić information content (AvgIpc) is 2.26. The summed E-state index contributed by atoms with van der Waals surface area (Å²) in [6.07, 6.45) is -9.03. The minimum absolute atomic E-state index is 0.294. The SMILES string of the molecule is N#CCc1cc(C#N)c(C(F)(F)F)c(C(F)F)n1. The molecule has 0 aromatic carbocycles. The van der Waals surface area contributed by atoms with Crippen LogP contribution in [-0.4, -0.2) is 4.98 Å². The quantitative estimate of drug-likeness (QED) is 0.769. The van der Waals surface area contributed by atoms with Crippen molar-refractivity contribution in [1.82, 2.24) is 4.98 Å². The summed E-state index contributed by atoms with van der Waals surface area (Å²) in [7, 11) is 0. The summed E-state index contributed by atoms with van der Waals surface area (Å²) in [6, 6.07) is 3.45. The third-order valence-electron chi connectivity index (χ3n) is 1.97. The maximum atomic E-state index is 12.6. The first-order valence-electron chi connectivity index (χ1n) is 4.47. The van der Waals surface area contributed by atoms with Crippen molar-refractivity contribution in [2.75, 3.05) is 0 Å². The molecule has 1 aromatic heterocycles. The van der Waals surface area contributed by atoms with Crippen LogP contribution in [-0.2, 0) is 12.6 Å². The number of hydrogen-bond acceptors (Lipinski definition) is 3. The molecule has 0 spiro atoms. The van der Waals surface area contributed by atoms with Gasteiger partial charge in [-0.3, -0.25) is 4.98 Å². The van der Waals surface area contributed by atoms with Crippen LogP contribution in [0.15, 0.2) is 6.07 Å². The Balaban J connectivity index is 3.59. The lowest BCUT2D eigenvalue weighted by Gasteiger charge is -2.14. The van der Waals surface area contributed by atoms with Crippen molar-refractivity contribution in [2.45, 2.75) is 19.0 Å². The van der Waals surface area contributed by atoms with Gasteiger partial charge < -0.3 is 0 Å². The molecule has 1 heterocycles. The van der Waals surface area contributed by atoms with E-state index >= 15 is 0 Å². The molecule has 8 heteroatoms. The summed E-state index contributed by atoms with van der Waals surface area (Å²) in [5.41, 5.74) is -4.52. The van der Waals surface area contributed by atoms with Crippen molar-refractivity contribution in [3.63, 3.8) is 0 Å². The van der Waals surface area contributed by atoms with Crippen LogP contribution in [0.2, 0.25) is 0 Å². The molecule has 18 heavy (non-hydrogen) atoms. The Morgan fingerprint density at radius 2 is 1.89 bits per heavy atom. The second-order valence-corrected chi connectivity index (χ2v) is 3.17. The van der Waals surface area contributed by atoms with Crippen LogP contribution in [0.5, 0.6) is 0 Å². The molecule has 94 valence electrons. The van der Waals surface area contributed by atoms with Crippen LogP contribution in [0.4, 0.5) is 22.0 Å². The van der Waals surface area contributed by atoms with E-state index in [1.807, 2.05) is 0 Å². The normalized spacial score (nSPS) is 11.1. The fourth-order valence-corrected chi connectivity index (χ4v) is 1.34. The zero-order valence-corrected chi connectivity index (χ0v) is 8.59. The summed E-state index contributed by atoms with van der Waals surface area (Å²) < 4.78 is 62.8. The second-order valence-electron chi connectivity index (χ2n) is 3.17. The van der Waals surface area contributed by atoms with Gasteiger partial charge in [0, 0.05) is 0 Å². The zero-order valence-electron chi connectivity index (χ0n) is 8.59. The van der Waals surface area contributed by atoms with Crippen LogP contribution in [0, 0.1) is 22.7 Å². The molecule has 0 unspecified atom stereocenters. The topological polar surface area (TPSA) is 60.5 Å². The Morgan fingerprint density at radius 1 is 1.28 bits per heavy atom. The molecular formula is C10H4F5N3. The van der Waals surface area contributed by atoms with Gasteiger partial charge in [-0.25, -0.2) is 8.78 Å². The van der Waals surface area contributed by atoms with Crippen molar-refractivity contribution < 1.29 is 22.0 Å². The van der Waals surface area contributed by atoms with E-state index in [-0.39, 0.29) is 5.69 Å². The molecule has 0 amide bonds. The number of nitriles is 2. The van der Waals surface area contributed by atoms with Crippen LogP contribution in [0.1, 0.15) is 28.9 Å². The monoisotopic (exact) mass is 261 g/mol. The Hall–Kier alpha value is -2.22. The standard InChI is InChI=1S/C10H4F5N3/c11-9(12)8-7(10(13,14)15)5(4-17)3-6(18-8)1-2-16/h3,9H,1H2. The van der Waals surface area contributed by atoms with E-state index in [2.05, 4.69) is 4.98 Å². The number of rotatable bonds is 2. The third kappa shape index (κ3) is 2.72. The number of halogens is 5. The summed E-state index contributed by atoms with van der Waals surface area (Å²) >= 11 is 0. The fourth-order valence-electron chi connectivity index (χ4n) is 1.34. The van der Waals surface area contributed by atoms with Gasteiger partial charge in [0.25, 0.3) is 6.43 Å². The molecule has 0 aliphatic heterocycles. The Bertz CT molecular complexity index is 536. The Kier molecular flexibility index (Phi) is 3.82. The molecule has 0 saturated carbocycles. The average molecular weight is 261 g/mol. The number of aromatic nitrogens is 1. The van der Waals surface area contributed by atoms with E-state index in [1.54, 1.807) is 6.07 Å². The van der Waals surface area contributed by atoms with E-state index in [0.29, 0.717) is 6.07 Å². The molecule has 0 bridgehead atoms. The maximum Gasteiger partial charge on any atom is 0.419 e. The minimum Gasteiger partial charge on any atom is -0.250 e. The summed E-state index contributed by atoms with van der Waals surface area (Å²) in [4.78, 5) is 3.09. The second kappa shape index (κ2) is 4.96. The molecule has 1 rings (SSSR count). The van der Waals surface area contributed by atoms with E-state index in [1.165, 1.54) is 6.07 Å². The van der Waals surface area contributed by atoms with Gasteiger partial charge in [-0.1, -0.05) is 0 Å². The van der Waals surface area contributed by atoms with Crippen molar-refractivity contribution in [3.8, 4) is 12.1 Å². The summed E-state index contributed by atoms with van der Waals surface area (Å²) in [5.74, 6) is 0. The maximum absolute atomic E-state index is 12.6. The molecule has 0 aliphatic carbocycles. The highest BCUT2D eigenvalue weighted by Gasteiger charge is 2.40. The van der Waals surface area contributed by atoms with Crippen molar-refractivity contribution in [2.24, 2.45) is 0 Å². The molecule has 0 radical (unpaired) electrons. The van der Waals surface area contributed by atoms with Crippen LogP contribution >= 0.6 is 0 Å². The van der Waals surface area contributed by atoms with Gasteiger partial charge in [-0.05, 0) is 6.07 Å². The highest BCUT2D eigenvalue weighted by molar-refractivity contribution is 5.44. The third-order valence-corrected chi connectivity index (χ3v) is 1.97. The highest BCUT2D eigenvalue weighted by Crippen LogP contribution is 2.37. The van der Waals surface area contributed by atoms with E-state index < -0.39 is 35.8 Å². The number of nitrogens with zero attached hydrogens (tertiary/aromatic N) is 3. The smallest absolute Gasteiger partial charge is 0.250 e. The number of hydrogen-bond donors (Lipinski definition) is 0. The zero-order chi connectivity index (χ0) is 13.9. The predicted octanol–water partition coefficient (Wildman–Crippen LogP) is 2.98. The first-order valence-corrected chi connectivity index (χ1v) is 4.47. The molecule has 0 fully saturated rings. The Morgan fingerprint density at radius 3 is 2.28 bits per heavy atom. The summed E-state index contributed by atoms with van der Waals surface area (Å²) in [5, 5.41) is 16.9. The molecular weight excluding hydrogens is 257 g/mol. The lowest BCUT2D eigenvalue weighted by atomic mass is 10.0. The van der Waals surface area contributed by atoms with Crippen LogP contribution in [0.3, 0.4) is 0 Å². The molecule has 1 aromatic rings. The van der Waals surface area contributed by atoms with Crippen LogP contribution in [0.25, 0.3) is 0 Å². The highest BCUT2D eigenvalue weighted by atomic mass is 19.4. The van der Waals surface area contributed by atoms with Crippen molar-refractivity contribution >= 4 is 0 Å². The molecule has 3 nitrogen and oxygen atoms in total. The molecule has 0 saturated heterocycles. The molecule has 0 atom stereocenters. The lowest BCUT2D eigenvalue weighted by Crippen LogP contribution is -2.15. The first kappa shape index (κ1) is 13.8. The van der Waals surface area contributed by atoms with E-state index in [0.717, 1.165) is 0 Å². The van der Waals surface area contributed by atoms with Gasteiger partial charge >= 0.3 is 6.18 Å². The predicted molar refractivity (Wildman–Crippen MR) is 48.2 cm³/mol. The van der Waals surface area contributed by atoms with Gasteiger partial charge in [0.15, 0.2) is 0 Å². The van der Waals surface area contributed by atoms with E-state index in [4.69, 9.17) is 10.5 Å².